The van der Waals surface area contributed by atoms with Crippen molar-refractivity contribution in [3.05, 3.63) is 65.2 Å². The number of esters is 1. The van der Waals surface area contributed by atoms with Crippen LogP contribution >= 0.6 is 7.75 Å². The molecule has 1 saturated heterocycles. The Morgan fingerprint density at radius 1 is 1.19 bits per heavy atom. The Morgan fingerprint density at radius 2 is 1.88 bits per heavy atom. The van der Waals surface area contributed by atoms with Gasteiger partial charge >= 0.3 is 19.4 Å². The van der Waals surface area contributed by atoms with Crippen molar-refractivity contribution < 1.29 is 46.9 Å². The van der Waals surface area contributed by atoms with Gasteiger partial charge in [0.25, 0.3) is 6.43 Å². The van der Waals surface area contributed by atoms with E-state index in [1.165, 1.54) is 19.1 Å². The molecular weight excluding hydrogens is 581 g/mol. The van der Waals surface area contributed by atoms with Crippen LogP contribution in [0.1, 0.15) is 27.0 Å². The molecule has 5 N–H and O–H groups in total. The maximum absolute atomic E-state index is 14.6. The van der Waals surface area contributed by atoms with Crippen molar-refractivity contribution in [2.75, 3.05) is 12.3 Å². The number of aliphatic hydroxyl groups is 2. The second kappa shape index (κ2) is 12.4. The molecule has 0 saturated carbocycles. The number of carbonyl (C=O) groups excluding carboxylic acids is 1. The van der Waals surface area contributed by atoms with Crippen LogP contribution in [-0.2, 0) is 23.4 Å². The van der Waals surface area contributed by atoms with Gasteiger partial charge in [-0.05, 0) is 49.7 Å². The van der Waals surface area contributed by atoms with Gasteiger partial charge in [-0.3, -0.25) is 13.9 Å². The summed E-state index contributed by atoms with van der Waals surface area (Å²) in [7, 11) is -4.72. The third-order valence-corrected chi connectivity index (χ3v) is 8.04. The van der Waals surface area contributed by atoms with Crippen LogP contribution in [0.4, 0.5) is 14.6 Å². The number of nitrogen functional groups attached to an aromatic ring is 1. The number of nitrogens with two attached hydrogens (primary N) is 1. The molecule has 0 unspecified atom stereocenters. The van der Waals surface area contributed by atoms with E-state index in [0.29, 0.717) is 9.95 Å². The number of benzene rings is 2. The molecule has 228 valence electrons. The lowest BCUT2D eigenvalue weighted by Crippen LogP contribution is -2.53. The number of anilines is 1. The summed E-state index contributed by atoms with van der Waals surface area (Å²) in [5, 5.41) is 25.2. The molecule has 0 bridgehead atoms. The first-order valence-corrected chi connectivity index (χ1v) is 14.4. The van der Waals surface area contributed by atoms with E-state index in [4.69, 9.17) is 24.3 Å². The molecule has 6 atom stereocenters. The first kappa shape index (κ1) is 31.5. The van der Waals surface area contributed by atoms with E-state index in [0.717, 1.165) is 17.6 Å². The van der Waals surface area contributed by atoms with Crippen LogP contribution in [0.3, 0.4) is 0 Å². The van der Waals surface area contributed by atoms with Crippen molar-refractivity contribution in [3.8, 4) is 5.75 Å². The zero-order valence-electron chi connectivity index (χ0n) is 22.8. The largest absolute Gasteiger partial charge is 0.462 e. The molecule has 3 aromatic rings. The Labute approximate surface area is 238 Å². The lowest BCUT2D eigenvalue weighted by atomic mass is 9.96. The lowest BCUT2D eigenvalue weighted by Gasteiger charge is -2.32. The van der Waals surface area contributed by atoms with Crippen LogP contribution in [0.15, 0.2) is 59.5 Å². The average Bonchev–Trinajstić information content (AvgIpc) is 3.17. The molecule has 1 aliphatic rings. The van der Waals surface area contributed by atoms with Gasteiger partial charge in [-0.25, -0.2) is 18.1 Å². The highest BCUT2D eigenvalue weighted by Gasteiger charge is 2.61. The molecule has 16 heteroatoms. The number of carbonyl (C=O) groups is 1. The van der Waals surface area contributed by atoms with Crippen LogP contribution in [0.25, 0.3) is 10.8 Å². The standard InChI is InChI=1S/C26H31F2N4O9P/c1-14(2)39-23(35)15(3)31-42(37,41-18-9-8-16-6-4-5-7-17(16)12-18)38-13-26(24(27)28)21(34)20(33)22(40-26)32-11-10-19(29)30-25(32)36/h4-12,14-15,20-22,24,33-34H,13H2,1-3H3,(H,31,37)(H2,29,30,36)/t15-,20+,21-,22+,26+,42-/m0/s1. The first-order valence-electron chi connectivity index (χ1n) is 12.8. The van der Waals surface area contributed by atoms with E-state index < -0.39 is 68.6 Å². The van der Waals surface area contributed by atoms with Crippen molar-refractivity contribution in [2.24, 2.45) is 0 Å². The molecule has 0 aliphatic carbocycles. The summed E-state index contributed by atoms with van der Waals surface area (Å²) in [6, 6.07) is 11.7. The molecule has 1 aliphatic heterocycles. The highest BCUT2D eigenvalue weighted by Crippen LogP contribution is 2.49. The number of aromatic nitrogens is 2. The zero-order chi connectivity index (χ0) is 30.8. The van der Waals surface area contributed by atoms with Crippen molar-refractivity contribution in [3.63, 3.8) is 0 Å². The highest BCUT2D eigenvalue weighted by molar-refractivity contribution is 7.52. The van der Waals surface area contributed by atoms with Crippen LogP contribution in [0.5, 0.6) is 5.75 Å². The normalized spacial score (nSPS) is 24.5. The fourth-order valence-corrected chi connectivity index (χ4v) is 5.80. The Kier molecular flexibility index (Phi) is 9.30. The summed E-state index contributed by atoms with van der Waals surface area (Å²) in [5.74, 6) is -0.997. The Bertz CT molecular complexity index is 1540. The second-order valence-electron chi connectivity index (χ2n) is 9.95. The monoisotopic (exact) mass is 612 g/mol. The van der Waals surface area contributed by atoms with Crippen LogP contribution in [0, 0.1) is 0 Å². The number of rotatable bonds is 11. The fourth-order valence-electron chi connectivity index (χ4n) is 4.28. The fraction of sp³-hybridized carbons (Fsp3) is 0.423. The molecule has 1 fully saturated rings. The Morgan fingerprint density at radius 3 is 2.52 bits per heavy atom. The minimum absolute atomic E-state index is 0.00496. The van der Waals surface area contributed by atoms with Gasteiger partial charge in [0.2, 0.25) is 0 Å². The summed E-state index contributed by atoms with van der Waals surface area (Å²) in [5.41, 5.74) is 1.44. The maximum Gasteiger partial charge on any atom is 0.459 e. The number of nitrogens with zero attached hydrogens (tertiary/aromatic N) is 2. The summed E-state index contributed by atoms with van der Waals surface area (Å²) in [4.78, 5) is 28.2. The summed E-state index contributed by atoms with van der Waals surface area (Å²) in [6.45, 7) is 3.19. The van der Waals surface area contributed by atoms with E-state index in [1.807, 2.05) is 12.1 Å². The van der Waals surface area contributed by atoms with E-state index in [-0.39, 0.29) is 11.6 Å². The zero-order valence-corrected chi connectivity index (χ0v) is 23.7. The SMILES string of the molecule is CC(C)OC(=O)[C@H](C)N[P@](=O)(OC[C@@]1(C(F)F)O[C@@H](n2ccc(N)nc2=O)[C@H](O)[C@@H]1O)Oc1ccc2ccccc2c1. The van der Waals surface area contributed by atoms with E-state index in [2.05, 4.69) is 10.1 Å². The Balaban J connectivity index is 1.65. The van der Waals surface area contributed by atoms with Crippen molar-refractivity contribution in [1.82, 2.24) is 14.6 Å². The molecule has 0 radical (unpaired) electrons. The molecule has 2 heterocycles. The van der Waals surface area contributed by atoms with Crippen molar-refractivity contribution >= 4 is 30.3 Å². The quantitative estimate of drug-likeness (QED) is 0.183. The van der Waals surface area contributed by atoms with Gasteiger partial charge in [0.05, 0.1) is 12.7 Å². The van der Waals surface area contributed by atoms with E-state index in [1.54, 1.807) is 32.0 Å². The summed E-state index contributed by atoms with van der Waals surface area (Å²) < 4.78 is 65.3. The molecule has 0 amide bonds. The third kappa shape index (κ3) is 6.61. The van der Waals surface area contributed by atoms with E-state index >= 15 is 0 Å². The highest BCUT2D eigenvalue weighted by atomic mass is 31.2. The van der Waals surface area contributed by atoms with Gasteiger partial charge < -0.3 is 29.9 Å². The average molecular weight is 613 g/mol. The van der Waals surface area contributed by atoms with Gasteiger partial charge in [-0.1, -0.05) is 30.3 Å². The number of alkyl halides is 2. The van der Waals surface area contributed by atoms with Crippen molar-refractivity contribution in [2.45, 2.75) is 63.4 Å². The number of hydrogen-bond donors (Lipinski definition) is 4. The van der Waals surface area contributed by atoms with E-state index in [9.17, 15) is 33.1 Å². The minimum atomic E-state index is -4.72. The summed E-state index contributed by atoms with van der Waals surface area (Å²) in [6.07, 6.45) is -9.21. The van der Waals surface area contributed by atoms with Gasteiger partial charge in [-0.2, -0.15) is 10.1 Å². The molecular formula is C26H31F2N4O9P. The molecule has 42 heavy (non-hydrogen) atoms. The lowest BCUT2D eigenvalue weighted by molar-refractivity contribution is -0.192. The topological polar surface area (TPSA) is 184 Å². The number of aliphatic hydroxyl groups excluding tert-OH is 2. The molecule has 4 rings (SSSR count). The number of ether oxygens (including phenoxy) is 2. The summed E-state index contributed by atoms with van der Waals surface area (Å²) >= 11 is 0. The van der Waals surface area contributed by atoms with Gasteiger partial charge in [0.15, 0.2) is 11.8 Å². The van der Waals surface area contributed by atoms with Gasteiger partial charge in [0.1, 0.15) is 29.8 Å². The number of nitrogens with one attached hydrogen (secondary N) is 1. The van der Waals surface area contributed by atoms with Crippen LogP contribution in [0.2, 0.25) is 0 Å². The first-order chi connectivity index (χ1) is 19.7. The molecule has 13 nitrogen and oxygen atoms in total. The smallest absolute Gasteiger partial charge is 0.459 e. The van der Waals surface area contributed by atoms with Crippen LogP contribution in [-0.4, -0.2) is 68.7 Å². The van der Waals surface area contributed by atoms with Crippen LogP contribution < -0.4 is 21.0 Å². The van der Waals surface area contributed by atoms with Gasteiger partial charge in [0, 0.05) is 6.20 Å². The van der Waals surface area contributed by atoms with Crippen molar-refractivity contribution in [1.29, 1.82) is 0 Å². The minimum Gasteiger partial charge on any atom is -0.462 e. The Hall–Kier alpha value is -3.46. The molecule has 0 spiro atoms. The molecule has 1 aromatic heterocycles. The predicted octanol–water partition coefficient (Wildman–Crippen LogP) is 2.37. The molecule has 2 aromatic carbocycles. The predicted molar refractivity (Wildman–Crippen MR) is 146 cm³/mol. The number of hydrogen-bond acceptors (Lipinski definition) is 11. The second-order valence-corrected chi connectivity index (χ2v) is 11.6. The van der Waals surface area contributed by atoms with Gasteiger partial charge in [-0.15, -0.1) is 0 Å². The third-order valence-electron chi connectivity index (χ3n) is 6.42. The number of halogens is 2. The maximum atomic E-state index is 14.6. The number of fused-ring (bicyclic) bond motifs is 1.